The molecule has 0 aliphatic heterocycles. The molecule has 2 rings (SSSR count). The number of nitrogens with zero attached hydrogens (tertiary/aromatic N) is 1. The fourth-order valence-electron chi connectivity index (χ4n) is 3.29. The quantitative estimate of drug-likeness (QED) is 0.581. The van der Waals surface area contributed by atoms with Crippen molar-refractivity contribution in [2.75, 3.05) is 24.2 Å². The zero-order valence-corrected chi connectivity index (χ0v) is 19.0. The van der Waals surface area contributed by atoms with Crippen molar-refractivity contribution in [3.8, 4) is 5.75 Å². The number of hydrogen-bond acceptors (Lipinski definition) is 4. The van der Waals surface area contributed by atoms with Crippen molar-refractivity contribution in [2.24, 2.45) is 0 Å². The van der Waals surface area contributed by atoms with Gasteiger partial charge in [0.2, 0.25) is 15.9 Å². The molecule has 0 spiro atoms. The zero-order chi connectivity index (χ0) is 22.1. The van der Waals surface area contributed by atoms with Crippen LogP contribution in [0.4, 0.5) is 5.69 Å². The lowest BCUT2D eigenvalue weighted by atomic mass is 10.0. The summed E-state index contributed by atoms with van der Waals surface area (Å²) in [5.41, 5.74) is 2.79. The van der Waals surface area contributed by atoms with Crippen LogP contribution in [0.1, 0.15) is 50.3 Å². The highest BCUT2D eigenvalue weighted by Gasteiger charge is 2.18. The first-order valence-electron chi connectivity index (χ1n) is 10.3. The Bertz CT molecular complexity index is 909. The molecule has 1 atom stereocenters. The molecule has 1 unspecified atom stereocenters. The van der Waals surface area contributed by atoms with Gasteiger partial charge in [0, 0.05) is 13.0 Å². The summed E-state index contributed by atoms with van der Waals surface area (Å²) in [6.07, 6.45) is 3.54. The van der Waals surface area contributed by atoms with Gasteiger partial charge in [0.15, 0.2) is 0 Å². The summed E-state index contributed by atoms with van der Waals surface area (Å²) >= 11 is 0. The number of sulfonamides is 1. The second-order valence-electron chi connectivity index (χ2n) is 7.26. The van der Waals surface area contributed by atoms with Gasteiger partial charge < -0.3 is 10.1 Å². The predicted octanol–water partition coefficient (Wildman–Crippen LogP) is 4.07. The molecule has 0 aliphatic rings. The van der Waals surface area contributed by atoms with Crippen LogP contribution in [0.25, 0.3) is 0 Å². The Kier molecular flexibility index (Phi) is 8.72. The minimum absolute atomic E-state index is 0.0870. The standard InChI is InChI=1S/C23H32N2O4S/c1-5-18-9-13-20(14-10-18)25(30(4,27)28)17-7-8-23(26)24-22(6-2)19-11-15-21(29-3)16-12-19/h9-16,22H,5-8,17H2,1-4H3,(H,24,26). The van der Waals surface area contributed by atoms with Gasteiger partial charge in [-0.1, -0.05) is 38.1 Å². The third kappa shape index (κ3) is 6.76. The second-order valence-corrected chi connectivity index (χ2v) is 9.17. The first-order valence-corrected chi connectivity index (χ1v) is 12.1. The van der Waals surface area contributed by atoms with E-state index in [0.717, 1.165) is 29.7 Å². The first-order chi connectivity index (χ1) is 14.3. The molecule has 1 N–H and O–H groups in total. The number of methoxy groups -OCH3 is 1. The van der Waals surface area contributed by atoms with Crippen LogP contribution in [0.3, 0.4) is 0 Å². The third-order valence-electron chi connectivity index (χ3n) is 5.06. The highest BCUT2D eigenvalue weighted by atomic mass is 32.2. The van der Waals surface area contributed by atoms with Crippen LogP contribution >= 0.6 is 0 Å². The van der Waals surface area contributed by atoms with Gasteiger partial charge >= 0.3 is 0 Å². The number of carbonyl (C=O) groups excluding carboxylic acids is 1. The largest absolute Gasteiger partial charge is 0.497 e. The van der Waals surface area contributed by atoms with Gasteiger partial charge in [0.05, 0.1) is 25.1 Å². The van der Waals surface area contributed by atoms with Crippen molar-refractivity contribution in [2.45, 2.75) is 45.6 Å². The number of rotatable bonds is 11. The van der Waals surface area contributed by atoms with E-state index in [1.807, 2.05) is 55.5 Å². The third-order valence-corrected chi connectivity index (χ3v) is 6.25. The van der Waals surface area contributed by atoms with E-state index in [1.165, 1.54) is 10.6 Å². The van der Waals surface area contributed by atoms with E-state index in [1.54, 1.807) is 7.11 Å². The average molecular weight is 433 g/mol. The summed E-state index contributed by atoms with van der Waals surface area (Å²) in [7, 11) is -1.81. The van der Waals surface area contributed by atoms with Crippen LogP contribution in [-0.2, 0) is 21.2 Å². The van der Waals surface area contributed by atoms with Gasteiger partial charge in [-0.15, -0.1) is 0 Å². The molecule has 2 aromatic rings. The number of nitrogens with one attached hydrogen (secondary N) is 1. The molecule has 0 heterocycles. The molecular formula is C23H32N2O4S. The van der Waals surface area contributed by atoms with E-state index in [2.05, 4.69) is 12.2 Å². The molecule has 0 aliphatic carbocycles. The van der Waals surface area contributed by atoms with Gasteiger partial charge in [-0.25, -0.2) is 8.42 Å². The van der Waals surface area contributed by atoms with Crippen molar-refractivity contribution >= 4 is 21.6 Å². The molecule has 7 heteroatoms. The Morgan fingerprint density at radius 2 is 1.70 bits per heavy atom. The summed E-state index contributed by atoms with van der Waals surface area (Å²) in [5.74, 6) is 0.681. The van der Waals surface area contributed by atoms with Crippen molar-refractivity contribution in [1.29, 1.82) is 0 Å². The highest BCUT2D eigenvalue weighted by Crippen LogP contribution is 2.21. The van der Waals surface area contributed by atoms with Crippen LogP contribution < -0.4 is 14.4 Å². The Labute approximate surface area is 180 Å². The van der Waals surface area contributed by atoms with Gasteiger partial charge in [0.25, 0.3) is 0 Å². The fraction of sp³-hybridized carbons (Fsp3) is 0.435. The monoisotopic (exact) mass is 432 g/mol. The van der Waals surface area contributed by atoms with Crippen molar-refractivity contribution in [3.63, 3.8) is 0 Å². The number of benzene rings is 2. The van der Waals surface area contributed by atoms with Crippen LogP contribution in [0.5, 0.6) is 5.75 Å². The smallest absolute Gasteiger partial charge is 0.232 e. The molecule has 0 radical (unpaired) electrons. The lowest BCUT2D eigenvalue weighted by Gasteiger charge is -2.23. The number of anilines is 1. The average Bonchev–Trinajstić information content (AvgIpc) is 2.74. The van der Waals surface area contributed by atoms with Crippen LogP contribution in [-0.4, -0.2) is 34.2 Å². The first kappa shape index (κ1) is 23.7. The number of carbonyl (C=O) groups is 1. The Morgan fingerprint density at radius 3 is 2.20 bits per heavy atom. The van der Waals surface area contributed by atoms with Crippen LogP contribution in [0, 0.1) is 0 Å². The number of aryl methyl sites for hydroxylation is 1. The van der Waals surface area contributed by atoms with E-state index in [9.17, 15) is 13.2 Å². The van der Waals surface area contributed by atoms with Crippen molar-refractivity contribution in [3.05, 3.63) is 59.7 Å². The summed E-state index contributed by atoms with van der Waals surface area (Å²) in [4.78, 5) is 12.5. The molecule has 1 amide bonds. The Hall–Kier alpha value is -2.54. The zero-order valence-electron chi connectivity index (χ0n) is 18.2. The van der Waals surface area contributed by atoms with E-state index in [4.69, 9.17) is 4.74 Å². The normalized spacial score (nSPS) is 12.3. The van der Waals surface area contributed by atoms with E-state index in [0.29, 0.717) is 12.1 Å². The van der Waals surface area contributed by atoms with Gasteiger partial charge in [0.1, 0.15) is 5.75 Å². The second kappa shape index (κ2) is 11.0. The molecule has 164 valence electrons. The minimum Gasteiger partial charge on any atom is -0.497 e. The summed E-state index contributed by atoms with van der Waals surface area (Å²) in [5, 5.41) is 3.04. The molecule has 0 aromatic heterocycles. The van der Waals surface area contributed by atoms with Crippen molar-refractivity contribution < 1.29 is 17.9 Å². The molecule has 0 fully saturated rings. The summed E-state index contributed by atoms with van der Waals surface area (Å²) in [6.45, 7) is 4.33. The lowest BCUT2D eigenvalue weighted by molar-refractivity contribution is -0.121. The Morgan fingerprint density at radius 1 is 1.07 bits per heavy atom. The molecule has 0 saturated heterocycles. The van der Waals surface area contributed by atoms with E-state index >= 15 is 0 Å². The van der Waals surface area contributed by atoms with Crippen LogP contribution in [0.2, 0.25) is 0 Å². The van der Waals surface area contributed by atoms with Gasteiger partial charge in [-0.2, -0.15) is 0 Å². The van der Waals surface area contributed by atoms with Crippen molar-refractivity contribution in [1.82, 2.24) is 5.32 Å². The molecule has 2 aromatic carbocycles. The number of hydrogen-bond donors (Lipinski definition) is 1. The maximum atomic E-state index is 12.5. The van der Waals surface area contributed by atoms with Crippen LogP contribution in [0.15, 0.2) is 48.5 Å². The van der Waals surface area contributed by atoms with Gasteiger partial charge in [-0.3, -0.25) is 9.10 Å². The van der Waals surface area contributed by atoms with E-state index < -0.39 is 10.0 Å². The summed E-state index contributed by atoms with van der Waals surface area (Å²) < 4.78 is 31.0. The predicted molar refractivity (Wildman–Crippen MR) is 121 cm³/mol. The fourth-order valence-corrected chi connectivity index (χ4v) is 4.26. The highest BCUT2D eigenvalue weighted by molar-refractivity contribution is 7.92. The number of ether oxygens (including phenoxy) is 1. The topological polar surface area (TPSA) is 75.7 Å². The molecular weight excluding hydrogens is 400 g/mol. The molecule has 6 nitrogen and oxygen atoms in total. The Balaban J connectivity index is 1.95. The minimum atomic E-state index is -3.42. The SMILES string of the molecule is CCc1ccc(N(CCCC(=O)NC(CC)c2ccc(OC)cc2)S(C)(=O)=O)cc1. The maximum Gasteiger partial charge on any atom is 0.232 e. The molecule has 30 heavy (non-hydrogen) atoms. The lowest BCUT2D eigenvalue weighted by Crippen LogP contribution is -2.33. The van der Waals surface area contributed by atoms with Gasteiger partial charge in [-0.05, 0) is 54.7 Å². The summed E-state index contributed by atoms with van der Waals surface area (Å²) in [6, 6.07) is 15.0. The number of amides is 1. The maximum absolute atomic E-state index is 12.5. The molecule has 0 saturated carbocycles. The van der Waals surface area contributed by atoms with E-state index in [-0.39, 0.29) is 24.9 Å². The molecule has 0 bridgehead atoms.